The van der Waals surface area contributed by atoms with Gasteiger partial charge in [-0.25, -0.2) is 14.2 Å². The molecule has 5 atom stereocenters. The summed E-state index contributed by atoms with van der Waals surface area (Å²) in [4.78, 5) is 17.6. The van der Waals surface area contributed by atoms with Crippen LogP contribution in [-0.4, -0.2) is 56.2 Å². The zero-order chi connectivity index (χ0) is 22.6. The molecule has 4 fully saturated rings. The number of hydrazine groups is 1. The molecule has 0 bridgehead atoms. The van der Waals surface area contributed by atoms with E-state index in [4.69, 9.17) is 9.73 Å². The second kappa shape index (κ2) is 10.7. The molecule has 0 radical (unpaired) electrons. The maximum Gasteiger partial charge on any atom is 0.229 e. The number of amides is 1. The van der Waals surface area contributed by atoms with Crippen molar-refractivity contribution in [2.24, 2.45) is 22.2 Å². The van der Waals surface area contributed by atoms with Crippen molar-refractivity contribution in [3.05, 3.63) is 0 Å². The molecule has 2 saturated heterocycles. The van der Waals surface area contributed by atoms with Gasteiger partial charge in [0.15, 0.2) is 5.96 Å². The zero-order valence-electron chi connectivity index (χ0n) is 19.2. The van der Waals surface area contributed by atoms with Crippen LogP contribution in [-0.2, 0) is 9.53 Å². The van der Waals surface area contributed by atoms with Gasteiger partial charge in [0.1, 0.15) is 12.3 Å². The number of hydrogen-bond acceptors (Lipinski definition) is 5. The van der Waals surface area contributed by atoms with Gasteiger partial charge in [0, 0.05) is 24.0 Å². The third-order valence-electron chi connectivity index (χ3n) is 7.66. The quantitative estimate of drug-likeness (QED) is 0.378. The summed E-state index contributed by atoms with van der Waals surface area (Å²) in [5.74, 6) is 0.427. The van der Waals surface area contributed by atoms with E-state index in [-0.39, 0.29) is 35.9 Å². The Balaban J connectivity index is 1.36. The second-order valence-corrected chi connectivity index (χ2v) is 10.6. The number of guanidine groups is 1. The molecule has 1 amide bonds. The molecular weight excluding hydrogens is 416 g/mol. The Morgan fingerprint density at radius 2 is 1.91 bits per heavy atom. The third-order valence-corrected chi connectivity index (χ3v) is 7.66. The minimum absolute atomic E-state index is 0.0403. The van der Waals surface area contributed by atoms with E-state index in [9.17, 15) is 13.6 Å². The highest BCUT2D eigenvalue weighted by Gasteiger charge is 2.35. The molecule has 0 aromatic carbocycles. The average molecular weight is 456 g/mol. The van der Waals surface area contributed by atoms with E-state index in [0.29, 0.717) is 50.7 Å². The number of nitrogens with zero attached hydrogens (tertiary/aromatic N) is 1. The number of carbonyl (C=O) groups excluding carboxylic acids is 1. The molecule has 182 valence electrons. The summed E-state index contributed by atoms with van der Waals surface area (Å²) in [5.41, 5.74) is 6.58. The Morgan fingerprint density at radius 1 is 1.09 bits per heavy atom. The molecular formula is C23H39F2N5O2. The van der Waals surface area contributed by atoms with Gasteiger partial charge in [-0.05, 0) is 70.1 Å². The van der Waals surface area contributed by atoms with Crippen LogP contribution in [0.15, 0.2) is 4.99 Å². The highest BCUT2D eigenvalue weighted by Crippen LogP contribution is 2.31. The molecule has 2 saturated carbocycles. The zero-order valence-corrected chi connectivity index (χ0v) is 19.2. The maximum atomic E-state index is 13.8. The van der Waals surface area contributed by atoms with Crippen LogP contribution in [0.25, 0.3) is 0 Å². The lowest BCUT2D eigenvalue weighted by Crippen LogP contribution is -2.52. The molecule has 32 heavy (non-hydrogen) atoms. The van der Waals surface area contributed by atoms with Crippen LogP contribution < -0.4 is 21.5 Å². The largest absolute Gasteiger partial charge is 0.381 e. The minimum Gasteiger partial charge on any atom is -0.381 e. The molecule has 4 aliphatic rings. The topological polar surface area (TPSA) is 86.8 Å². The lowest BCUT2D eigenvalue weighted by atomic mass is 9.82. The normalized spacial score (nSPS) is 40.9. The predicted molar refractivity (Wildman–Crippen MR) is 119 cm³/mol. The third kappa shape index (κ3) is 6.38. The molecule has 2 aliphatic heterocycles. The second-order valence-electron chi connectivity index (χ2n) is 10.6. The highest BCUT2D eigenvalue weighted by atomic mass is 19.1. The summed E-state index contributed by atoms with van der Waals surface area (Å²) in [6, 6.07) is 0.267. The molecule has 4 N–H and O–H groups in total. The molecule has 4 rings (SSSR count). The van der Waals surface area contributed by atoms with E-state index in [1.165, 1.54) is 0 Å². The van der Waals surface area contributed by atoms with Crippen LogP contribution in [0.5, 0.6) is 0 Å². The lowest BCUT2D eigenvalue weighted by Gasteiger charge is -2.28. The summed E-state index contributed by atoms with van der Waals surface area (Å²) in [5, 5.41) is 6.30. The standard InChI is InChI=1S/C23H39F2N5O2/c1-23(9-10-32-14-23)13-26-22(28-21(31)16-3-2-4-18(25)11-16)27-20-12-19(29-30-20)15-5-7-17(24)8-6-15/h15-20,29-30H,2-14H2,1H3,(H2,26,27,28,31). The van der Waals surface area contributed by atoms with E-state index in [1.807, 2.05) is 0 Å². The van der Waals surface area contributed by atoms with Crippen molar-refractivity contribution >= 4 is 11.9 Å². The number of nitrogens with one attached hydrogen (secondary N) is 4. The monoisotopic (exact) mass is 455 g/mol. The molecule has 2 heterocycles. The maximum absolute atomic E-state index is 13.8. The number of ether oxygens (including phenoxy) is 1. The van der Waals surface area contributed by atoms with E-state index >= 15 is 0 Å². The Hall–Kier alpha value is -1.32. The number of rotatable bonds is 5. The van der Waals surface area contributed by atoms with Crippen LogP contribution in [0.4, 0.5) is 8.78 Å². The van der Waals surface area contributed by atoms with Gasteiger partial charge < -0.3 is 10.1 Å². The fourth-order valence-electron chi connectivity index (χ4n) is 5.44. The number of hydrogen-bond donors (Lipinski definition) is 4. The van der Waals surface area contributed by atoms with Crippen molar-refractivity contribution in [3.8, 4) is 0 Å². The van der Waals surface area contributed by atoms with Crippen LogP contribution in [0.1, 0.15) is 71.1 Å². The Labute approximate surface area is 189 Å². The molecule has 0 aromatic heterocycles. The van der Waals surface area contributed by atoms with Gasteiger partial charge in [0.05, 0.1) is 19.3 Å². The molecule has 2 aliphatic carbocycles. The van der Waals surface area contributed by atoms with Crippen molar-refractivity contribution in [2.75, 3.05) is 19.8 Å². The van der Waals surface area contributed by atoms with Crippen molar-refractivity contribution < 1.29 is 18.3 Å². The van der Waals surface area contributed by atoms with Gasteiger partial charge in [-0.1, -0.05) is 6.92 Å². The van der Waals surface area contributed by atoms with E-state index < -0.39 is 12.3 Å². The van der Waals surface area contributed by atoms with E-state index in [0.717, 1.165) is 38.7 Å². The van der Waals surface area contributed by atoms with Crippen LogP contribution in [0.2, 0.25) is 0 Å². The summed E-state index contributed by atoms with van der Waals surface area (Å²) < 4.78 is 32.9. The summed E-state index contributed by atoms with van der Waals surface area (Å²) >= 11 is 0. The van der Waals surface area contributed by atoms with Gasteiger partial charge in [-0.3, -0.25) is 20.5 Å². The van der Waals surface area contributed by atoms with Crippen molar-refractivity contribution in [1.29, 1.82) is 0 Å². The van der Waals surface area contributed by atoms with Crippen LogP contribution in [0.3, 0.4) is 0 Å². The summed E-state index contributed by atoms with van der Waals surface area (Å²) in [7, 11) is 0. The van der Waals surface area contributed by atoms with Crippen molar-refractivity contribution in [2.45, 2.75) is 95.7 Å². The molecule has 7 nitrogen and oxygen atoms in total. The fraction of sp³-hybridized carbons (Fsp3) is 0.913. The SMILES string of the molecule is CC1(CN=C(NC(=O)C2CCCC(F)C2)NC2CC(C3CCC(F)CC3)NN2)CCOC1. The smallest absolute Gasteiger partial charge is 0.229 e. The molecule has 0 spiro atoms. The van der Waals surface area contributed by atoms with E-state index in [1.54, 1.807) is 0 Å². The van der Waals surface area contributed by atoms with Crippen molar-refractivity contribution in [1.82, 2.24) is 21.5 Å². The molecule has 5 unspecified atom stereocenters. The molecule has 9 heteroatoms. The average Bonchev–Trinajstić information content (AvgIpc) is 3.42. The van der Waals surface area contributed by atoms with Gasteiger partial charge in [-0.2, -0.15) is 0 Å². The number of alkyl halides is 2. The number of aliphatic imine (C=N–C) groups is 1. The van der Waals surface area contributed by atoms with Gasteiger partial charge in [0.2, 0.25) is 5.91 Å². The summed E-state index contributed by atoms with van der Waals surface area (Å²) in [6.45, 7) is 4.09. The van der Waals surface area contributed by atoms with Gasteiger partial charge in [-0.15, -0.1) is 0 Å². The Morgan fingerprint density at radius 3 is 2.62 bits per heavy atom. The Kier molecular flexibility index (Phi) is 8.00. The minimum atomic E-state index is -0.900. The highest BCUT2D eigenvalue weighted by molar-refractivity contribution is 5.98. The lowest BCUT2D eigenvalue weighted by molar-refractivity contribution is -0.125. The van der Waals surface area contributed by atoms with Gasteiger partial charge >= 0.3 is 0 Å². The van der Waals surface area contributed by atoms with Crippen molar-refractivity contribution in [3.63, 3.8) is 0 Å². The Bertz CT molecular complexity index is 665. The first kappa shape index (κ1) is 23.8. The first-order valence-electron chi connectivity index (χ1n) is 12.4. The first-order valence-corrected chi connectivity index (χ1v) is 12.4. The van der Waals surface area contributed by atoms with Gasteiger partial charge in [0.25, 0.3) is 0 Å². The predicted octanol–water partition coefficient (Wildman–Crippen LogP) is 2.72. The number of halogens is 2. The van der Waals surface area contributed by atoms with Crippen LogP contribution in [0, 0.1) is 17.3 Å². The van der Waals surface area contributed by atoms with Crippen LogP contribution >= 0.6 is 0 Å². The summed E-state index contributed by atoms with van der Waals surface area (Å²) in [6.07, 6.45) is 5.48. The molecule has 0 aromatic rings. The van der Waals surface area contributed by atoms with E-state index in [2.05, 4.69) is 28.4 Å². The number of carbonyl (C=O) groups is 1. The first-order chi connectivity index (χ1) is 15.4. The fourth-order valence-corrected chi connectivity index (χ4v) is 5.44.